The predicted molar refractivity (Wildman–Crippen MR) is 90.9 cm³/mol. The van der Waals surface area contributed by atoms with Crippen LogP contribution in [0.5, 0.6) is 0 Å². The number of aryl methyl sites for hydroxylation is 4. The standard InChI is InChI=1S/C19H23NO4/c1-12-6-7-16(13(2)8-12)10-20(5)18(21)11-23-19(22)17-9-14(3)24-15(17)4/h6-9H,10-11H2,1-5H3. The lowest BCUT2D eigenvalue weighted by molar-refractivity contribution is -0.133. The van der Waals surface area contributed by atoms with Gasteiger partial charge in [-0.05, 0) is 44.9 Å². The predicted octanol–water partition coefficient (Wildman–Crippen LogP) is 3.33. The third kappa shape index (κ3) is 4.25. The van der Waals surface area contributed by atoms with Gasteiger partial charge in [0.2, 0.25) is 0 Å². The molecule has 128 valence electrons. The molecule has 0 saturated carbocycles. The number of carbonyl (C=O) groups is 2. The Hall–Kier alpha value is -2.56. The molecule has 0 fully saturated rings. The van der Waals surface area contributed by atoms with Crippen LogP contribution >= 0.6 is 0 Å². The van der Waals surface area contributed by atoms with Gasteiger partial charge in [0.25, 0.3) is 5.91 Å². The van der Waals surface area contributed by atoms with E-state index in [-0.39, 0.29) is 12.5 Å². The molecule has 0 unspecified atom stereocenters. The fraction of sp³-hybridized carbons (Fsp3) is 0.368. The molecule has 2 aromatic rings. The Kier molecular flexibility index (Phi) is 5.44. The highest BCUT2D eigenvalue weighted by molar-refractivity contribution is 5.92. The maximum absolute atomic E-state index is 12.2. The fourth-order valence-corrected chi connectivity index (χ4v) is 2.52. The number of nitrogens with zero attached hydrogens (tertiary/aromatic N) is 1. The number of esters is 1. The highest BCUT2D eigenvalue weighted by Crippen LogP contribution is 2.15. The first kappa shape index (κ1) is 17.8. The largest absolute Gasteiger partial charge is 0.466 e. The molecule has 0 bridgehead atoms. The first-order chi connectivity index (χ1) is 11.3. The molecule has 0 atom stereocenters. The van der Waals surface area contributed by atoms with Crippen LogP contribution in [-0.4, -0.2) is 30.4 Å². The van der Waals surface area contributed by atoms with Crippen molar-refractivity contribution in [3.63, 3.8) is 0 Å². The van der Waals surface area contributed by atoms with Gasteiger partial charge >= 0.3 is 5.97 Å². The normalized spacial score (nSPS) is 10.5. The Morgan fingerprint density at radius 1 is 1.12 bits per heavy atom. The number of likely N-dealkylation sites (N-methyl/N-ethyl adjacent to an activating group) is 1. The summed E-state index contributed by atoms with van der Waals surface area (Å²) in [6.45, 7) is 7.69. The second kappa shape index (κ2) is 7.34. The summed E-state index contributed by atoms with van der Waals surface area (Å²) in [7, 11) is 1.70. The number of benzene rings is 1. The molecule has 0 aliphatic carbocycles. The minimum atomic E-state index is -0.544. The molecule has 5 heteroatoms. The molecular formula is C19H23NO4. The van der Waals surface area contributed by atoms with Crippen molar-refractivity contribution in [3.8, 4) is 0 Å². The smallest absolute Gasteiger partial charge is 0.342 e. The van der Waals surface area contributed by atoms with Crippen LogP contribution in [0.4, 0.5) is 0 Å². The lowest BCUT2D eigenvalue weighted by Crippen LogP contribution is -2.31. The van der Waals surface area contributed by atoms with Crippen LogP contribution in [0.3, 0.4) is 0 Å². The zero-order valence-electron chi connectivity index (χ0n) is 14.8. The van der Waals surface area contributed by atoms with Crippen LogP contribution in [0, 0.1) is 27.7 Å². The minimum Gasteiger partial charge on any atom is -0.466 e. The fourth-order valence-electron chi connectivity index (χ4n) is 2.52. The Bertz CT molecular complexity index is 761. The summed E-state index contributed by atoms with van der Waals surface area (Å²) in [6, 6.07) is 7.72. The van der Waals surface area contributed by atoms with Gasteiger partial charge in [0, 0.05) is 13.6 Å². The Labute approximate surface area is 142 Å². The number of hydrogen-bond donors (Lipinski definition) is 0. The lowest BCUT2D eigenvalue weighted by Gasteiger charge is -2.18. The van der Waals surface area contributed by atoms with E-state index in [1.54, 1.807) is 31.9 Å². The van der Waals surface area contributed by atoms with E-state index in [4.69, 9.17) is 9.15 Å². The molecule has 1 aromatic heterocycles. The van der Waals surface area contributed by atoms with Gasteiger partial charge in [-0.1, -0.05) is 23.8 Å². The Morgan fingerprint density at radius 3 is 2.42 bits per heavy atom. The Morgan fingerprint density at radius 2 is 1.83 bits per heavy atom. The quantitative estimate of drug-likeness (QED) is 0.790. The summed E-state index contributed by atoms with van der Waals surface area (Å²) in [5, 5.41) is 0. The molecule has 2 rings (SSSR count). The van der Waals surface area contributed by atoms with E-state index >= 15 is 0 Å². The molecule has 1 heterocycles. The zero-order valence-corrected chi connectivity index (χ0v) is 14.8. The third-order valence-corrected chi connectivity index (χ3v) is 3.92. The van der Waals surface area contributed by atoms with Gasteiger partial charge in [-0.15, -0.1) is 0 Å². The molecule has 0 spiro atoms. The molecule has 0 saturated heterocycles. The van der Waals surface area contributed by atoms with Crippen LogP contribution in [0.15, 0.2) is 28.7 Å². The van der Waals surface area contributed by atoms with E-state index in [0.717, 1.165) is 11.1 Å². The highest BCUT2D eigenvalue weighted by Gasteiger charge is 2.18. The SMILES string of the molecule is Cc1ccc(CN(C)C(=O)COC(=O)c2cc(C)oc2C)c(C)c1. The summed E-state index contributed by atoms with van der Waals surface area (Å²) >= 11 is 0. The minimum absolute atomic E-state index is 0.249. The average molecular weight is 329 g/mol. The van der Waals surface area contributed by atoms with Crippen LogP contribution in [0.1, 0.15) is 38.6 Å². The van der Waals surface area contributed by atoms with E-state index in [0.29, 0.717) is 23.6 Å². The van der Waals surface area contributed by atoms with Crippen molar-refractivity contribution < 1.29 is 18.7 Å². The molecule has 0 aliphatic heterocycles. The number of furan rings is 1. The molecular weight excluding hydrogens is 306 g/mol. The monoisotopic (exact) mass is 329 g/mol. The van der Waals surface area contributed by atoms with Gasteiger partial charge in [0.1, 0.15) is 17.1 Å². The summed E-state index contributed by atoms with van der Waals surface area (Å²) < 4.78 is 10.4. The molecule has 5 nitrogen and oxygen atoms in total. The van der Waals surface area contributed by atoms with Gasteiger partial charge < -0.3 is 14.1 Å². The van der Waals surface area contributed by atoms with Crippen molar-refractivity contribution in [3.05, 3.63) is 58.0 Å². The number of ether oxygens (including phenoxy) is 1. The second-order valence-electron chi connectivity index (χ2n) is 6.08. The summed E-state index contributed by atoms with van der Waals surface area (Å²) in [6.07, 6.45) is 0. The first-order valence-electron chi connectivity index (χ1n) is 7.82. The highest BCUT2D eigenvalue weighted by atomic mass is 16.5. The van der Waals surface area contributed by atoms with Crippen molar-refractivity contribution in [1.82, 2.24) is 4.90 Å². The molecule has 1 amide bonds. The number of amides is 1. The summed E-state index contributed by atoms with van der Waals surface area (Å²) in [5.41, 5.74) is 3.75. The van der Waals surface area contributed by atoms with Gasteiger partial charge in [-0.25, -0.2) is 4.79 Å². The van der Waals surface area contributed by atoms with Gasteiger partial charge in [-0.3, -0.25) is 4.79 Å². The van der Waals surface area contributed by atoms with Crippen LogP contribution in [0.25, 0.3) is 0 Å². The zero-order chi connectivity index (χ0) is 17.9. The van der Waals surface area contributed by atoms with Crippen molar-refractivity contribution in [2.75, 3.05) is 13.7 Å². The van der Waals surface area contributed by atoms with Crippen LogP contribution in [0.2, 0.25) is 0 Å². The number of rotatable bonds is 5. The van der Waals surface area contributed by atoms with Gasteiger partial charge in [-0.2, -0.15) is 0 Å². The third-order valence-electron chi connectivity index (χ3n) is 3.92. The van der Waals surface area contributed by atoms with E-state index in [1.165, 1.54) is 5.56 Å². The van der Waals surface area contributed by atoms with Crippen molar-refractivity contribution in [1.29, 1.82) is 0 Å². The van der Waals surface area contributed by atoms with Crippen LogP contribution in [-0.2, 0) is 16.1 Å². The molecule has 0 aliphatic rings. The van der Waals surface area contributed by atoms with E-state index in [9.17, 15) is 9.59 Å². The lowest BCUT2D eigenvalue weighted by atomic mass is 10.1. The summed E-state index contributed by atoms with van der Waals surface area (Å²) in [5.74, 6) is 0.338. The van der Waals surface area contributed by atoms with E-state index < -0.39 is 5.97 Å². The van der Waals surface area contributed by atoms with Crippen molar-refractivity contribution in [2.45, 2.75) is 34.2 Å². The average Bonchev–Trinajstić information content (AvgIpc) is 2.85. The first-order valence-corrected chi connectivity index (χ1v) is 7.82. The number of hydrogen-bond acceptors (Lipinski definition) is 4. The maximum Gasteiger partial charge on any atom is 0.342 e. The molecule has 1 aromatic carbocycles. The maximum atomic E-state index is 12.2. The topological polar surface area (TPSA) is 59.8 Å². The molecule has 24 heavy (non-hydrogen) atoms. The van der Waals surface area contributed by atoms with Gasteiger partial charge in [0.05, 0.1) is 0 Å². The van der Waals surface area contributed by atoms with E-state index in [2.05, 4.69) is 6.07 Å². The van der Waals surface area contributed by atoms with E-state index in [1.807, 2.05) is 26.0 Å². The van der Waals surface area contributed by atoms with Crippen molar-refractivity contribution >= 4 is 11.9 Å². The Balaban J connectivity index is 1.92. The number of carbonyl (C=O) groups excluding carboxylic acids is 2. The second-order valence-corrected chi connectivity index (χ2v) is 6.08. The molecule has 0 N–H and O–H groups in total. The van der Waals surface area contributed by atoms with Gasteiger partial charge in [0.15, 0.2) is 6.61 Å². The van der Waals surface area contributed by atoms with Crippen LogP contribution < -0.4 is 0 Å². The van der Waals surface area contributed by atoms with Crippen molar-refractivity contribution in [2.24, 2.45) is 0 Å². The summed E-state index contributed by atoms with van der Waals surface area (Å²) in [4.78, 5) is 25.7. The molecule has 0 radical (unpaired) electrons.